The van der Waals surface area contributed by atoms with E-state index < -0.39 is 5.91 Å². The Morgan fingerprint density at radius 1 is 1.04 bits per heavy atom. The summed E-state index contributed by atoms with van der Waals surface area (Å²) in [5, 5.41) is 4.73. The number of benzene rings is 2. The highest BCUT2D eigenvalue weighted by Crippen LogP contribution is 2.24. The molecular formula is C22H19N3O2S. The van der Waals surface area contributed by atoms with Crippen molar-refractivity contribution < 1.29 is 4.79 Å². The van der Waals surface area contributed by atoms with Gasteiger partial charge in [-0.2, -0.15) is 0 Å². The molecule has 0 aliphatic heterocycles. The van der Waals surface area contributed by atoms with E-state index in [-0.39, 0.29) is 11.1 Å². The zero-order chi connectivity index (χ0) is 19.8. The molecule has 1 N–H and O–H groups in total. The summed E-state index contributed by atoms with van der Waals surface area (Å²) in [4.78, 5) is 30.8. The van der Waals surface area contributed by atoms with E-state index >= 15 is 0 Å². The molecule has 5 nitrogen and oxygen atoms in total. The second-order valence-electron chi connectivity index (χ2n) is 6.85. The Kier molecular flexibility index (Phi) is 4.57. The number of fused-ring (bicyclic) bond motifs is 1. The monoisotopic (exact) mass is 389 g/mol. The highest BCUT2D eigenvalue weighted by molar-refractivity contribution is 7.15. The lowest BCUT2D eigenvalue weighted by atomic mass is 10.1. The summed E-state index contributed by atoms with van der Waals surface area (Å²) in [5.74, 6) is -0.457. The van der Waals surface area contributed by atoms with Crippen molar-refractivity contribution in [2.75, 3.05) is 5.32 Å². The fraction of sp³-hybridized carbons (Fsp3) is 0.136. The summed E-state index contributed by atoms with van der Waals surface area (Å²) in [6.45, 7) is 5.88. The van der Waals surface area contributed by atoms with E-state index in [4.69, 9.17) is 0 Å². The smallest absolute Gasteiger partial charge is 0.271 e. The van der Waals surface area contributed by atoms with Crippen LogP contribution in [0, 0.1) is 20.8 Å². The first-order chi connectivity index (χ1) is 13.4. The highest BCUT2D eigenvalue weighted by Gasteiger charge is 2.17. The minimum absolute atomic E-state index is 0.0187. The van der Waals surface area contributed by atoms with Crippen LogP contribution in [0.2, 0.25) is 0 Å². The van der Waals surface area contributed by atoms with Crippen LogP contribution in [0.4, 0.5) is 5.69 Å². The fourth-order valence-corrected chi connectivity index (χ4v) is 3.89. The molecule has 28 heavy (non-hydrogen) atoms. The number of nitrogens with one attached hydrogen (secondary N) is 1. The Balaban J connectivity index is 1.78. The third-order valence-corrected chi connectivity index (χ3v) is 5.52. The van der Waals surface area contributed by atoms with Gasteiger partial charge in [-0.15, -0.1) is 11.3 Å². The zero-order valence-electron chi connectivity index (χ0n) is 15.8. The lowest BCUT2D eigenvalue weighted by Gasteiger charge is -2.09. The van der Waals surface area contributed by atoms with Crippen LogP contribution in [0.25, 0.3) is 16.2 Å². The van der Waals surface area contributed by atoms with Crippen LogP contribution in [0.3, 0.4) is 0 Å². The molecule has 1 amide bonds. The Labute approximate surface area is 166 Å². The molecule has 0 bridgehead atoms. The molecule has 0 saturated heterocycles. The molecule has 0 aliphatic rings. The maximum absolute atomic E-state index is 13.1. The number of anilines is 1. The third-order valence-electron chi connectivity index (χ3n) is 4.68. The minimum atomic E-state index is -0.457. The first-order valence-electron chi connectivity index (χ1n) is 8.89. The van der Waals surface area contributed by atoms with Gasteiger partial charge in [0.2, 0.25) is 0 Å². The number of rotatable bonds is 3. The van der Waals surface area contributed by atoms with Gasteiger partial charge >= 0.3 is 0 Å². The Bertz CT molecular complexity index is 1250. The summed E-state index contributed by atoms with van der Waals surface area (Å²) >= 11 is 1.38. The molecule has 0 fully saturated rings. The van der Waals surface area contributed by atoms with Crippen LogP contribution in [0.5, 0.6) is 0 Å². The lowest BCUT2D eigenvalue weighted by molar-refractivity contribution is 0.102. The van der Waals surface area contributed by atoms with Crippen molar-refractivity contribution in [1.82, 2.24) is 9.38 Å². The van der Waals surface area contributed by atoms with E-state index in [0.717, 1.165) is 27.9 Å². The minimum Gasteiger partial charge on any atom is -0.322 e. The van der Waals surface area contributed by atoms with Crippen LogP contribution in [0.1, 0.15) is 27.0 Å². The van der Waals surface area contributed by atoms with E-state index in [1.165, 1.54) is 21.9 Å². The topological polar surface area (TPSA) is 63.5 Å². The molecule has 0 atom stereocenters. The molecule has 4 rings (SSSR count). The normalized spacial score (nSPS) is 11.0. The average molecular weight is 389 g/mol. The predicted molar refractivity (Wildman–Crippen MR) is 113 cm³/mol. The second-order valence-corrected chi connectivity index (χ2v) is 7.69. The zero-order valence-corrected chi connectivity index (χ0v) is 16.6. The number of aromatic nitrogens is 2. The highest BCUT2D eigenvalue weighted by atomic mass is 32.1. The first kappa shape index (κ1) is 18.1. The molecule has 4 aromatic rings. The van der Waals surface area contributed by atoms with Crippen molar-refractivity contribution in [2.24, 2.45) is 0 Å². The van der Waals surface area contributed by atoms with Crippen molar-refractivity contribution in [2.45, 2.75) is 20.8 Å². The number of aryl methyl sites for hydroxylation is 3. The number of carbonyl (C=O) groups is 1. The van der Waals surface area contributed by atoms with Gasteiger partial charge < -0.3 is 5.32 Å². The summed E-state index contributed by atoms with van der Waals surface area (Å²) in [5.41, 5.74) is 5.09. The van der Waals surface area contributed by atoms with Gasteiger partial charge in [0, 0.05) is 17.3 Å². The van der Waals surface area contributed by atoms with Gasteiger partial charge in [-0.05, 0) is 43.5 Å². The Morgan fingerprint density at radius 3 is 2.50 bits per heavy atom. The van der Waals surface area contributed by atoms with E-state index in [1.807, 2.05) is 68.6 Å². The molecule has 6 heteroatoms. The van der Waals surface area contributed by atoms with Crippen molar-refractivity contribution in [3.05, 3.63) is 86.6 Å². The number of hydrogen-bond donors (Lipinski definition) is 1. The van der Waals surface area contributed by atoms with Crippen molar-refractivity contribution in [3.8, 4) is 11.3 Å². The maximum atomic E-state index is 13.1. The molecule has 0 saturated carbocycles. The lowest BCUT2D eigenvalue weighted by Crippen LogP contribution is -2.26. The Hall–Kier alpha value is -3.25. The summed E-state index contributed by atoms with van der Waals surface area (Å²) in [7, 11) is 0. The van der Waals surface area contributed by atoms with Gasteiger partial charge in [-0.1, -0.05) is 42.0 Å². The van der Waals surface area contributed by atoms with Crippen molar-refractivity contribution in [1.29, 1.82) is 0 Å². The summed E-state index contributed by atoms with van der Waals surface area (Å²) in [6, 6.07) is 13.7. The van der Waals surface area contributed by atoms with Crippen LogP contribution in [-0.4, -0.2) is 15.3 Å². The van der Waals surface area contributed by atoms with Crippen LogP contribution < -0.4 is 10.9 Å². The standard InChI is InChI=1S/C22H19N3O2S/c1-13-5-8-16(9-6-13)19-12-28-22-23-11-17(21(27)25(19)22)20(26)24-18-10-14(2)4-7-15(18)3/h4-12H,1-3H3,(H,24,26). The Morgan fingerprint density at radius 2 is 1.75 bits per heavy atom. The SMILES string of the molecule is Cc1ccc(-c2csc3ncc(C(=O)Nc4cc(C)ccc4C)c(=O)n23)cc1. The molecule has 2 heterocycles. The second kappa shape index (κ2) is 7.05. The molecule has 2 aromatic carbocycles. The van der Waals surface area contributed by atoms with Gasteiger partial charge in [0.1, 0.15) is 5.56 Å². The van der Waals surface area contributed by atoms with E-state index in [1.54, 1.807) is 0 Å². The third kappa shape index (κ3) is 3.23. The quantitative estimate of drug-likeness (QED) is 0.557. The number of carbonyl (C=O) groups excluding carboxylic acids is 1. The summed E-state index contributed by atoms with van der Waals surface area (Å²) in [6.07, 6.45) is 1.35. The molecule has 2 aromatic heterocycles. The number of amides is 1. The molecule has 0 unspecified atom stereocenters. The van der Waals surface area contributed by atoms with E-state index in [0.29, 0.717) is 10.6 Å². The first-order valence-corrected chi connectivity index (χ1v) is 9.77. The largest absolute Gasteiger partial charge is 0.322 e. The van der Waals surface area contributed by atoms with Crippen molar-refractivity contribution in [3.63, 3.8) is 0 Å². The average Bonchev–Trinajstić information content (AvgIpc) is 3.10. The van der Waals surface area contributed by atoms with Crippen LogP contribution in [-0.2, 0) is 0 Å². The molecule has 0 radical (unpaired) electrons. The molecular weight excluding hydrogens is 370 g/mol. The molecule has 0 aliphatic carbocycles. The van der Waals surface area contributed by atoms with Gasteiger partial charge in [0.15, 0.2) is 4.96 Å². The number of hydrogen-bond acceptors (Lipinski definition) is 4. The number of thiazole rings is 1. The fourth-order valence-electron chi connectivity index (χ4n) is 3.03. The molecule has 140 valence electrons. The predicted octanol–water partition coefficient (Wildman–Crippen LogP) is 4.60. The molecule has 0 spiro atoms. The van der Waals surface area contributed by atoms with Gasteiger partial charge in [0.25, 0.3) is 11.5 Å². The van der Waals surface area contributed by atoms with E-state index in [9.17, 15) is 9.59 Å². The van der Waals surface area contributed by atoms with E-state index in [2.05, 4.69) is 10.3 Å². The van der Waals surface area contributed by atoms with Crippen LogP contribution >= 0.6 is 11.3 Å². The van der Waals surface area contributed by atoms with Gasteiger partial charge in [-0.25, -0.2) is 4.98 Å². The van der Waals surface area contributed by atoms with Gasteiger partial charge in [-0.3, -0.25) is 14.0 Å². The maximum Gasteiger partial charge on any atom is 0.271 e. The number of nitrogens with zero attached hydrogens (tertiary/aromatic N) is 2. The van der Waals surface area contributed by atoms with Gasteiger partial charge in [0.05, 0.1) is 5.69 Å². The van der Waals surface area contributed by atoms with Crippen molar-refractivity contribution >= 4 is 27.9 Å². The van der Waals surface area contributed by atoms with Crippen LogP contribution in [0.15, 0.2) is 58.8 Å². The summed E-state index contributed by atoms with van der Waals surface area (Å²) < 4.78 is 1.51.